The van der Waals surface area contributed by atoms with Crippen molar-refractivity contribution in [3.8, 4) is 0 Å². The highest BCUT2D eigenvalue weighted by molar-refractivity contribution is 5.96. The number of hydrogen-bond acceptors (Lipinski definition) is 4. The highest BCUT2D eigenvalue weighted by Gasteiger charge is 2.40. The summed E-state index contributed by atoms with van der Waals surface area (Å²) in [7, 11) is 0. The number of aryl methyl sites for hydroxylation is 1. The third kappa shape index (κ3) is 2.73. The normalized spacial score (nSPS) is 14.7. The van der Waals surface area contributed by atoms with Crippen LogP contribution >= 0.6 is 0 Å². The summed E-state index contributed by atoms with van der Waals surface area (Å²) >= 11 is 0. The molecule has 1 aliphatic rings. The number of alkyl halides is 3. The molecule has 0 saturated carbocycles. The van der Waals surface area contributed by atoms with Crippen molar-refractivity contribution in [1.82, 2.24) is 19.7 Å². The van der Waals surface area contributed by atoms with Gasteiger partial charge in [0, 0.05) is 24.3 Å². The molecule has 1 amide bonds. The number of halogens is 3. The first kappa shape index (κ1) is 15.3. The summed E-state index contributed by atoms with van der Waals surface area (Å²) in [6, 6.07) is 4.99. The van der Waals surface area contributed by atoms with Crippen LogP contribution in [-0.2, 0) is 19.3 Å². The van der Waals surface area contributed by atoms with Gasteiger partial charge in [0.2, 0.25) is 5.82 Å². The number of fused-ring (bicyclic) bond motifs is 1. The quantitative estimate of drug-likeness (QED) is 0.812. The predicted octanol–water partition coefficient (Wildman–Crippen LogP) is 1.84. The highest BCUT2D eigenvalue weighted by Crippen LogP contribution is 2.29. The Morgan fingerprint density at radius 2 is 2.00 bits per heavy atom. The van der Waals surface area contributed by atoms with Gasteiger partial charge in [0.15, 0.2) is 5.82 Å². The Bertz CT molecular complexity index is 768. The molecule has 2 N–H and O–H groups in total. The molecule has 3 rings (SSSR count). The first-order valence-corrected chi connectivity index (χ1v) is 6.92. The van der Waals surface area contributed by atoms with E-state index < -0.39 is 12.0 Å². The molecular formula is C14H14F3N5O. The molecule has 122 valence electrons. The van der Waals surface area contributed by atoms with Crippen molar-refractivity contribution in [2.45, 2.75) is 26.2 Å². The zero-order valence-corrected chi connectivity index (χ0v) is 12.3. The summed E-state index contributed by atoms with van der Waals surface area (Å²) in [5.41, 5.74) is 7.35. The van der Waals surface area contributed by atoms with Gasteiger partial charge in [-0.05, 0) is 24.6 Å². The lowest BCUT2D eigenvalue weighted by molar-refractivity contribution is -0.147. The summed E-state index contributed by atoms with van der Waals surface area (Å²) in [5.74, 6) is -1.18. The van der Waals surface area contributed by atoms with Gasteiger partial charge in [-0.1, -0.05) is 6.07 Å². The van der Waals surface area contributed by atoms with Crippen LogP contribution in [0.15, 0.2) is 18.2 Å². The Labute approximate surface area is 129 Å². The average molecular weight is 325 g/mol. The topological polar surface area (TPSA) is 77.0 Å². The first-order valence-electron chi connectivity index (χ1n) is 6.92. The van der Waals surface area contributed by atoms with Crippen LogP contribution in [0, 0.1) is 6.92 Å². The molecule has 0 radical (unpaired) electrons. The summed E-state index contributed by atoms with van der Waals surface area (Å²) in [6.07, 6.45) is -4.55. The average Bonchev–Trinajstić information content (AvgIpc) is 2.92. The molecule has 2 aromatic rings. The van der Waals surface area contributed by atoms with E-state index in [0.717, 1.165) is 10.1 Å². The SMILES string of the molecule is Cc1ccc(N)cc1C(=O)N1CCn2c(nnc2C(F)(F)F)C1. The molecule has 0 fully saturated rings. The number of aromatic nitrogens is 3. The van der Waals surface area contributed by atoms with Gasteiger partial charge in [-0.3, -0.25) is 4.79 Å². The maximum absolute atomic E-state index is 12.8. The number of carbonyl (C=O) groups is 1. The van der Waals surface area contributed by atoms with Crippen LogP contribution in [0.4, 0.5) is 18.9 Å². The minimum atomic E-state index is -4.55. The summed E-state index contributed by atoms with van der Waals surface area (Å²) < 4.78 is 39.4. The summed E-state index contributed by atoms with van der Waals surface area (Å²) in [6.45, 7) is 1.92. The van der Waals surface area contributed by atoms with Crippen molar-refractivity contribution in [2.24, 2.45) is 0 Å². The molecule has 9 heteroatoms. The van der Waals surface area contributed by atoms with Crippen LogP contribution in [-0.4, -0.2) is 32.1 Å². The van der Waals surface area contributed by atoms with Gasteiger partial charge in [0.1, 0.15) is 0 Å². The van der Waals surface area contributed by atoms with E-state index in [1.807, 2.05) is 0 Å². The van der Waals surface area contributed by atoms with Gasteiger partial charge in [-0.25, -0.2) is 0 Å². The standard InChI is InChI=1S/C14H14F3N5O/c1-8-2-3-9(18)6-10(8)12(23)21-4-5-22-11(7-21)19-20-13(22)14(15,16)17/h2-3,6H,4-5,7,18H2,1H3. The lowest BCUT2D eigenvalue weighted by Crippen LogP contribution is -2.39. The Morgan fingerprint density at radius 3 is 2.70 bits per heavy atom. The lowest BCUT2D eigenvalue weighted by Gasteiger charge is -2.28. The lowest BCUT2D eigenvalue weighted by atomic mass is 10.1. The second-order valence-corrected chi connectivity index (χ2v) is 5.39. The van der Waals surface area contributed by atoms with Crippen LogP contribution in [0.1, 0.15) is 27.6 Å². The number of anilines is 1. The Hall–Kier alpha value is -2.58. The predicted molar refractivity (Wildman–Crippen MR) is 75.4 cm³/mol. The molecular weight excluding hydrogens is 311 g/mol. The van der Waals surface area contributed by atoms with Crippen molar-refractivity contribution in [3.63, 3.8) is 0 Å². The number of rotatable bonds is 1. The van der Waals surface area contributed by atoms with Crippen molar-refractivity contribution in [3.05, 3.63) is 41.0 Å². The smallest absolute Gasteiger partial charge is 0.399 e. The molecule has 0 aliphatic carbocycles. The Balaban J connectivity index is 1.86. The molecule has 2 heterocycles. The van der Waals surface area contributed by atoms with E-state index in [2.05, 4.69) is 10.2 Å². The number of hydrogen-bond donors (Lipinski definition) is 1. The van der Waals surface area contributed by atoms with E-state index in [1.54, 1.807) is 25.1 Å². The van der Waals surface area contributed by atoms with Crippen LogP contribution in [0.5, 0.6) is 0 Å². The Morgan fingerprint density at radius 1 is 1.26 bits per heavy atom. The molecule has 23 heavy (non-hydrogen) atoms. The maximum Gasteiger partial charge on any atom is 0.451 e. The third-order valence-electron chi connectivity index (χ3n) is 3.79. The molecule has 0 spiro atoms. The van der Waals surface area contributed by atoms with E-state index in [1.165, 1.54) is 4.90 Å². The van der Waals surface area contributed by atoms with Crippen LogP contribution < -0.4 is 5.73 Å². The van der Waals surface area contributed by atoms with E-state index in [4.69, 9.17) is 5.73 Å². The third-order valence-corrected chi connectivity index (χ3v) is 3.79. The molecule has 6 nitrogen and oxygen atoms in total. The van der Waals surface area contributed by atoms with Crippen LogP contribution in [0.3, 0.4) is 0 Å². The fourth-order valence-electron chi connectivity index (χ4n) is 2.58. The zero-order chi connectivity index (χ0) is 16.8. The fourth-order valence-corrected chi connectivity index (χ4v) is 2.58. The minimum Gasteiger partial charge on any atom is -0.399 e. The van der Waals surface area contributed by atoms with Crippen molar-refractivity contribution in [2.75, 3.05) is 12.3 Å². The molecule has 0 bridgehead atoms. The van der Waals surface area contributed by atoms with E-state index in [9.17, 15) is 18.0 Å². The summed E-state index contributed by atoms with van der Waals surface area (Å²) in [5, 5.41) is 6.76. The number of benzene rings is 1. The van der Waals surface area contributed by atoms with Crippen LogP contribution in [0.25, 0.3) is 0 Å². The number of amides is 1. The minimum absolute atomic E-state index is 0.00425. The maximum atomic E-state index is 12.8. The number of carbonyl (C=O) groups excluding carboxylic acids is 1. The second kappa shape index (κ2) is 5.25. The monoisotopic (exact) mass is 325 g/mol. The number of nitrogens with zero attached hydrogens (tertiary/aromatic N) is 4. The van der Waals surface area contributed by atoms with E-state index >= 15 is 0 Å². The largest absolute Gasteiger partial charge is 0.451 e. The van der Waals surface area contributed by atoms with Gasteiger partial charge in [-0.2, -0.15) is 13.2 Å². The fraction of sp³-hybridized carbons (Fsp3) is 0.357. The van der Waals surface area contributed by atoms with Gasteiger partial charge in [0.25, 0.3) is 5.91 Å². The van der Waals surface area contributed by atoms with E-state index in [-0.39, 0.29) is 31.4 Å². The van der Waals surface area contributed by atoms with Gasteiger partial charge in [-0.15, -0.1) is 10.2 Å². The first-order chi connectivity index (χ1) is 10.8. The number of nitrogen functional groups attached to an aromatic ring is 1. The van der Waals surface area contributed by atoms with Gasteiger partial charge < -0.3 is 15.2 Å². The second-order valence-electron chi connectivity index (χ2n) is 5.39. The van der Waals surface area contributed by atoms with Gasteiger partial charge >= 0.3 is 6.18 Å². The van der Waals surface area contributed by atoms with Gasteiger partial charge in [0.05, 0.1) is 6.54 Å². The molecule has 0 unspecified atom stereocenters. The van der Waals surface area contributed by atoms with Crippen LogP contribution in [0.2, 0.25) is 0 Å². The summed E-state index contributed by atoms with van der Waals surface area (Å²) in [4.78, 5) is 14.0. The van der Waals surface area contributed by atoms with Crippen molar-refractivity contribution in [1.29, 1.82) is 0 Å². The zero-order valence-electron chi connectivity index (χ0n) is 12.3. The van der Waals surface area contributed by atoms with Crippen molar-refractivity contribution < 1.29 is 18.0 Å². The highest BCUT2D eigenvalue weighted by atomic mass is 19.4. The molecule has 1 aromatic carbocycles. The van der Waals surface area contributed by atoms with E-state index in [0.29, 0.717) is 11.3 Å². The molecule has 0 atom stereocenters. The molecule has 0 saturated heterocycles. The Kier molecular flexibility index (Phi) is 3.50. The molecule has 1 aromatic heterocycles. The number of nitrogens with two attached hydrogens (primary N) is 1. The van der Waals surface area contributed by atoms with Crippen molar-refractivity contribution >= 4 is 11.6 Å². The molecule has 1 aliphatic heterocycles.